The van der Waals surface area contributed by atoms with Gasteiger partial charge in [0.05, 0.1) is 0 Å². The summed E-state index contributed by atoms with van der Waals surface area (Å²) < 4.78 is 15.0. The number of para-hydroxylation sites is 1. The Morgan fingerprint density at radius 3 is 2.80 bits per heavy atom. The Labute approximate surface area is 91.1 Å². The number of hydrogen-bond acceptors (Lipinski definition) is 3. The van der Waals surface area contributed by atoms with Crippen molar-refractivity contribution in [2.75, 3.05) is 12.0 Å². The molecule has 2 N–H and O–H groups in total. The molecule has 3 nitrogen and oxygen atoms in total. The van der Waals surface area contributed by atoms with Gasteiger partial charge in [0.1, 0.15) is 22.3 Å². The number of nitrogens with two attached hydrogens (primary N) is 1. The molecule has 0 radical (unpaired) electrons. The Morgan fingerprint density at radius 1 is 1.40 bits per heavy atom. The van der Waals surface area contributed by atoms with Crippen LogP contribution in [0.5, 0.6) is 0 Å². The van der Waals surface area contributed by atoms with Gasteiger partial charge in [-0.05, 0) is 18.4 Å². The number of benzene rings is 1. The summed E-state index contributed by atoms with van der Waals surface area (Å²) in [6.07, 6.45) is 1.90. The summed E-state index contributed by atoms with van der Waals surface area (Å²) in [7, 11) is 0. The SMILES string of the molecule is CSc1cc(N)nn1-c1ccccc1F. The maximum Gasteiger partial charge on any atom is 0.148 e. The van der Waals surface area contributed by atoms with E-state index >= 15 is 0 Å². The number of nitrogen functional groups attached to an aromatic ring is 1. The molecule has 0 unspecified atom stereocenters. The molecule has 0 atom stereocenters. The Balaban J connectivity index is 2.58. The Morgan fingerprint density at radius 2 is 2.13 bits per heavy atom. The van der Waals surface area contributed by atoms with E-state index in [-0.39, 0.29) is 5.82 Å². The fraction of sp³-hybridized carbons (Fsp3) is 0.100. The van der Waals surface area contributed by atoms with E-state index in [1.165, 1.54) is 22.5 Å². The van der Waals surface area contributed by atoms with Crippen LogP contribution >= 0.6 is 11.8 Å². The van der Waals surface area contributed by atoms with Gasteiger partial charge in [-0.1, -0.05) is 12.1 Å². The van der Waals surface area contributed by atoms with Gasteiger partial charge in [-0.15, -0.1) is 16.9 Å². The first-order valence-electron chi connectivity index (χ1n) is 4.37. The number of thioether (sulfide) groups is 1. The lowest BCUT2D eigenvalue weighted by atomic mass is 10.3. The molecule has 0 spiro atoms. The van der Waals surface area contributed by atoms with Crippen molar-refractivity contribution in [3.05, 3.63) is 36.1 Å². The van der Waals surface area contributed by atoms with Crippen LogP contribution in [0, 0.1) is 5.82 Å². The van der Waals surface area contributed by atoms with E-state index in [2.05, 4.69) is 5.10 Å². The molecule has 0 fully saturated rings. The monoisotopic (exact) mass is 223 g/mol. The van der Waals surface area contributed by atoms with Crippen LogP contribution in [0.2, 0.25) is 0 Å². The van der Waals surface area contributed by atoms with Crippen LogP contribution in [0.15, 0.2) is 35.4 Å². The largest absolute Gasteiger partial charge is 0.382 e. The van der Waals surface area contributed by atoms with E-state index in [0.717, 1.165) is 5.03 Å². The van der Waals surface area contributed by atoms with Crippen LogP contribution < -0.4 is 5.73 Å². The van der Waals surface area contributed by atoms with E-state index in [9.17, 15) is 4.39 Å². The second-order valence-corrected chi connectivity index (χ2v) is 3.80. The minimum atomic E-state index is -0.309. The van der Waals surface area contributed by atoms with E-state index in [0.29, 0.717) is 11.5 Å². The van der Waals surface area contributed by atoms with Gasteiger partial charge in [0.15, 0.2) is 0 Å². The molecule has 2 rings (SSSR count). The lowest BCUT2D eigenvalue weighted by Gasteiger charge is -2.05. The number of anilines is 1. The second-order valence-electron chi connectivity index (χ2n) is 2.97. The molecule has 0 aliphatic rings. The number of aromatic nitrogens is 2. The third-order valence-corrected chi connectivity index (χ3v) is 2.69. The van der Waals surface area contributed by atoms with E-state index in [1.807, 2.05) is 6.26 Å². The number of hydrogen-bond donors (Lipinski definition) is 1. The molecule has 2 aromatic rings. The summed E-state index contributed by atoms with van der Waals surface area (Å²) in [5, 5.41) is 4.86. The molecule has 0 saturated heterocycles. The summed E-state index contributed by atoms with van der Waals surface area (Å²) >= 11 is 1.47. The van der Waals surface area contributed by atoms with Crippen molar-refractivity contribution in [2.24, 2.45) is 0 Å². The van der Waals surface area contributed by atoms with Gasteiger partial charge in [0.25, 0.3) is 0 Å². The summed E-state index contributed by atoms with van der Waals surface area (Å²) in [6.45, 7) is 0. The first-order valence-corrected chi connectivity index (χ1v) is 5.59. The standard InChI is InChI=1S/C10H10FN3S/c1-15-10-6-9(12)13-14(10)8-5-3-2-4-7(8)11/h2-6H,1H3,(H2,12,13). The first kappa shape index (κ1) is 10.0. The van der Waals surface area contributed by atoms with Crippen LogP contribution in [0.3, 0.4) is 0 Å². The Bertz CT molecular complexity index is 481. The summed E-state index contributed by atoms with van der Waals surface area (Å²) in [6, 6.07) is 8.20. The van der Waals surface area contributed by atoms with Crippen LogP contribution in [-0.4, -0.2) is 16.0 Å². The van der Waals surface area contributed by atoms with Crippen molar-refractivity contribution in [1.82, 2.24) is 9.78 Å². The van der Waals surface area contributed by atoms with E-state index < -0.39 is 0 Å². The third kappa shape index (κ3) is 1.83. The van der Waals surface area contributed by atoms with Crippen LogP contribution in [0.4, 0.5) is 10.2 Å². The van der Waals surface area contributed by atoms with Gasteiger partial charge in [0, 0.05) is 6.07 Å². The van der Waals surface area contributed by atoms with Gasteiger partial charge in [0.2, 0.25) is 0 Å². The minimum Gasteiger partial charge on any atom is -0.382 e. The zero-order valence-electron chi connectivity index (χ0n) is 8.14. The average molecular weight is 223 g/mol. The molecule has 0 saturated carbocycles. The summed E-state index contributed by atoms with van der Waals surface area (Å²) in [4.78, 5) is 0. The molecular weight excluding hydrogens is 213 g/mol. The predicted octanol–water partition coefficient (Wildman–Crippen LogP) is 2.32. The Hall–Kier alpha value is -1.49. The van der Waals surface area contributed by atoms with Crippen molar-refractivity contribution in [3.63, 3.8) is 0 Å². The zero-order valence-corrected chi connectivity index (χ0v) is 8.96. The number of halogens is 1. The highest BCUT2D eigenvalue weighted by atomic mass is 32.2. The highest BCUT2D eigenvalue weighted by Crippen LogP contribution is 2.23. The van der Waals surface area contributed by atoms with Crippen molar-refractivity contribution in [2.45, 2.75) is 5.03 Å². The molecule has 0 aliphatic carbocycles. The highest BCUT2D eigenvalue weighted by molar-refractivity contribution is 7.98. The minimum absolute atomic E-state index is 0.309. The number of nitrogens with zero attached hydrogens (tertiary/aromatic N) is 2. The van der Waals surface area contributed by atoms with Crippen molar-refractivity contribution >= 4 is 17.6 Å². The average Bonchev–Trinajstić information content (AvgIpc) is 2.60. The lowest BCUT2D eigenvalue weighted by molar-refractivity contribution is 0.604. The van der Waals surface area contributed by atoms with Crippen molar-refractivity contribution < 1.29 is 4.39 Å². The van der Waals surface area contributed by atoms with Gasteiger partial charge < -0.3 is 5.73 Å². The molecule has 78 valence electrons. The van der Waals surface area contributed by atoms with E-state index in [1.54, 1.807) is 24.3 Å². The normalized spacial score (nSPS) is 10.5. The molecular formula is C10H10FN3S. The number of rotatable bonds is 2. The molecule has 1 aromatic carbocycles. The molecule has 1 heterocycles. The molecule has 1 aromatic heterocycles. The lowest BCUT2D eigenvalue weighted by Crippen LogP contribution is -2.01. The molecule has 5 heteroatoms. The predicted molar refractivity (Wildman–Crippen MR) is 59.7 cm³/mol. The zero-order chi connectivity index (χ0) is 10.8. The van der Waals surface area contributed by atoms with Crippen LogP contribution in [0.25, 0.3) is 5.69 Å². The van der Waals surface area contributed by atoms with Gasteiger partial charge >= 0.3 is 0 Å². The van der Waals surface area contributed by atoms with Gasteiger partial charge in [-0.2, -0.15) is 0 Å². The summed E-state index contributed by atoms with van der Waals surface area (Å²) in [5.41, 5.74) is 5.99. The third-order valence-electron chi connectivity index (χ3n) is 1.99. The topological polar surface area (TPSA) is 43.8 Å². The molecule has 0 amide bonds. The second kappa shape index (κ2) is 3.94. The fourth-order valence-corrected chi connectivity index (χ4v) is 1.87. The van der Waals surface area contributed by atoms with Crippen LogP contribution in [-0.2, 0) is 0 Å². The molecule has 15 heavy (non-hydrogen) atoms. The van der Waals surface area contributed by atoms with Gasteiger partial charge in [-0.3, -0.25) is 0 Å². The Kier molecular flexibility index (Phi) is 2.64. The molecule has 0 bridgehead atoms. The van der Waals surface area contributed by atoms with Gasteiger partial charge in [-0.25, -0.2) is 9.07 Å². The maximum absolute atomic E-state index is 13.5. The smallest absolute Gasteiger partial charge is 0.148 e. The van der Waals surface area contributed by atoms with Crippen molar-refractivity contribution in [1.29, 1.82) is 0 Å². The summed E-state index contributed by atoms with van der Waals surface area (Å²) in [5.74, 6) is 0.0819. The fourth-order valence-electron chi connectivity index (χ4n) is 1.32. The first-order chi connectivity index (χ1) is 7.22. The van der Waals surface area contributed by atoms with Crippen molar-refractivity contribution in [3.8, 4) is 5.69 Å². The maximum atomic E-state index is 13.5. The van der Waals surface area contributed by atoms with Crippen LogP contribution in [0.1, 0.15) is 0 Å². The van der Waals surface area contributed by atoms with E-state index in [4.69, 9.17) is 5.73 Å². The molecule has 0 aliphatic heterocycles. The highest BCUT2D eigenvalue weighted by Gasteiger charge is 2.10. The quantitative estimate of drug-likeness (QED) is 0.794.